The molecule has 1 heterocycles. The zero-order chi connectivity index (χ0) is 10.7. The first kappa shape index (κ1) is 10.2. The molecule has 0 saturated carbocycles. The molecule has 0 radical (unpaired) electrons. The second kappa shape index (κ2) is 4.45. The van der Waals surface area contributed by atoms with Crippen molar-refractivity contribution in [1.82, 2.24) is 15.2 Å². The van der Waals surface area contributed by atoms with E-state index in [0.29, 0.717) is 17.5 Å². The van der Waals surface area contributed by atoms with Gasteiger partial charge in [-0.3, -0.25) is 5.10 Å². The number of aromatic nitrogens is 3. The largest absolute Gasteiger partial charge is 0.262 e. The predicted molar refractivity (Wildman–Crippen MR) is 60.8 cm³/mol. The lowest BCUT2D eigenvalue weighted by Crippen LogP contribution is -1.83. The Bertz CT molecular complexity index is 433. The second-order valence-electron chi connectivity index (χ2n) is 3.29. The molecule has 0 fully saturated rings. The summed E-state index contributed by atoms with van der Waals surface area (Å²) in [4.78, 5) is 4.26. The summed E-state index contributed by atoms with van der Waals surface area (Å²) >= 11 is 5.64. The fraction of sp³-hybridized carbons (Fsp3) is 0.273. The fourth-order valence-electron chi connectivity index (χ4n) is 1.37. The Hall–Kier alpha value is -1.35. The number of halogens is 1. The van der Waals surface area contributed by atoms with Crippen LogP contribution in [0.5, 0.6) is 0 Å². The topological polar surface area (TPSA) is 41.6 Å². The zero-order valence-corrected chi connectivity index (χ0v) is 9.25. The van der Waals surface area contributed by atoms with Gasteiger partial charge in [0, 0.05) is 5.56 Å². The van der Waals surface area contributed by atoms with E-state index in [4.69, 9.17) is 11.6 Å². The highest BCUT2D eigenvalue weighted by Crippen LogP contribution is 2.15. The lowest BCUT2D eigenvalue weighted by atomic mass is 10.1. The summed E-state index contributed by atoms with van der Waals surface area (Å²) < 4.78 is 0. The summed E-state index contributed by atoms with van der Waals surface area (Å²) in [6.45, 7) is 2.13. The number of aryl methyl sites for hydroxylation is 1. The summed E-state index contributed by atoms with van der Waals surface area (Å²) in [5, 5.41) is 6.88. The first-order valence-corrected chi connectivity index (χ1v) is 5.43. The van der Waals surface area contributed by atoms with Gasteiger partial charge in [-0.2, -0.15) is 5.10 Å². The van der Waals surface area contributed by atoms with Gasteiger partial charge in [0.25, 0.3) is 0 Å². The third kappa shape index (κ3) is 2.18. The van der Waals surface area contributed by atoms with Gasteiger partial charge in [-0.05, 0) is 12.0 Å². The van der Waals surface area contributed by atoms with Crippen LogP contribution in [0.25, 0.3) is 11.4 Å². The molecule has 0 aliphatic rings. The first-order valence-electron chi connectivity index (χ1n) is 4.90. The Morgan fingerprint density at radius 1 is 1.27 bits per heavy atom. The van der Waals surface area contributed by atoms with Crippen molar-refractivity contribution >= 4 is 11.6 Å². The van der Waals surface area contributed by atoms with Crippen LogP contribution in [0.3, 0.4) is 0 Å². The van der Waals surface area contributed by atoms with E-state index in [1.54, 1.807) is 0 Å². The van der Waals surface area contributed by atoms with Crippen molar-refractivity contribution in [2.75, 3.05) is 0 Å². The molecule has 0 aliphatic heterocycles. The van der Waals surface area contributed by atoms with E-state index >= 15 is 0 Å². The van der Waals surface area contributed by atoms with Gasteiger partial charge in [0.15, 0.2) is 5.82 Å². The monoisotopic (exact) mass is 221 g/mol. The molecular weight excluding hydrogens is 210 g/mol. The number of hydrogen-bond acceptors (Lipinski definition) is 2. The minimum atomic E-state index is 0.361. The number of hydrogen-bond donors (Lipinski definition) is 1. The number of H-pyrrole nitrogens is 1. The summed E-state index contributed by atoms with van der Waals surface area (Å²) in [5.41, 5.74) is 2.33. The highest BCUT2D eigenvalue weighted by atomic mass is 35.5. The first-order chi connectivity index (χ1) is 7.33. The van der Waals surface area contributed by atoms with Crippen molar-refractivity contribution < 1.29 is 0 Å². The average molecular weight is 222 g/mol. The summed E-state index contributed by atoms with van der Waals surface area (Å²) in [6, 6.07) is 8.23. The third-order valence-electron chi connectivity index (χ3n) is 2.28. The quantitative estimate of drug-likeness (QED) is 0.810. The van der Waals surface area contributed by atoms with Gasteiger partial charge < -0.3 is 0 Å². The van der Waals surface area contributed by atoms with Crippen molar-refractivity contribution in [3.05, 3.63) is 35.7 Å². The van der Waals surface area contributed by atoms with Crippen molar-refractivity contribution in [2.45, 2.75) is 19.2 Å². The Balaban J connectivity index is 2.28. The minimum Gasteiger partial charge on any atom is -0.262 e. The van der Waals surface area contributed by atoms with Crippen LogP contribution in [-0.2, 0) is 12.3 Å². The highest BCUT2D eigenvalue weighted by Gasteiger charge is 2.04. The molecule has 0 atom stereocenters. The molecule has 3 nitrogen and oxygen atoms in total. The van der Waals surface area contributed by atoms with Crippen LogP contribution in [0, 0.1) is 0 Å². The molecule has 4 heteroatoms. The maximum Gasteiger partial charge on any atom is 0.181 e. The highest BCUT2D eigenvalue weighted by molar-refractivity contribution is 6.16. The molecule has 0 amide bonds. The molecule has 0 unspecified atom stereocenters. The van der Waals surface area contributed by atoms with Crippen LogP contribution in [-0.4, -0.2) is 15.2 Å². The molecular formula is C11H12ClN3. The van der Waals surface area contributed by atoms with Crippen molar-refractivity contribution in [2.24, 2.45) is 0 Å². The Labute approximate surface area is 93.5 Å². The van der Waals surface area contributed by atoms with Gasteiger partial charge in [-0.15, -0.1) is 11.6 Å². The normalized spacial score (nSPS) is 10.5. The van der Waals surface area contributed by atoms with Gasteiger partial charge in [0.1, 0.15) is 5.82 Å². The van der Waals surface area contributed by atoms with Crippen LogP contribution < -0.4 is 0 Å². The Morgan fingerprint density at radius 3 is 2.53 bits per heavy atom. The van der Waals surface area contributed by atoms with E-state index in [-0.39, 0.29) is 0 Å². The predicted octanol–water partition coefficient (Wildman–Crippen LogP) is 2.77. The number of nitrogens with one attached hydrogen (secondary N) is 1. The molecule has 0 spiro atoms. The van der Waals surface area contributed by atoms with E-state index in [2.05, 4.69) is 34.2 Å². The summed E-state index contributed by atoms with van der Waals surface area (Å²) in [5.74, 6) is 1.76. The average Bonchev–Trinajstić information content (AvgIpc) is 2.78. The van der Waals surface area contributed by atoms with E-state index in [1.165, 1.54) is 5.56 Å². The number of alkyl halides is 1. The molecule has 1 aromatic carbocycles. The molecule has 1 N–H and O–H groups in total. The van der Waals surface area contributed by atoms with Crippen molar-refractivity contribution in [3.63, 3.8) is 0 Å². The second-order valence-corrected chi connectivity index (χ2v) is 3.56. The Morgan fingerprint density at radius 2 is 2.00 bits per heavy atom. The van der Waals surface area contributed by atoms with Crippen LogP contribution >= 0.6 is 11.6 Å². The standard InChI is InChI=1S/C11H12ClN3/c1-2-8-3-5-9(6-4-8)11-13-10(7-12)14-15-11/h3-6H,2,7H2,1H3,(H,13,14,15). The molecule has 0 bridgehead atoms. The number of nitrogens with zero attached hydrogens (tertiary/aromatic N) is 2. The van der Waals surface area contributed by atoms with Crippen molar-refractivity contribution in [3.8, 4) is 11.4 Å². The van der Waals surface area contributed by atoms with Gasteiger partial charge >= 0.3 is 0 Å². The molecule has 0 saturated heterocycles. The molecule has 2 aromatic rings. The number of aromatic amines is 1. The molecule has 1 aromatic heterocycles. The Kier molecular flexibility index (Phi) is 3.02. The van der Waals surface area contributed by atoms with Crippen LogP contribution in [0.2, 0.25) is 0 Å². The van der Waals surface area contributed by atoms with Gasteiger partial charge in [0.05, 0.1) is 5.88 Å². The van der Waals surface area contributed by atoms with Crippen LogP contribution in [0.15, 0.2) is 24.3 Å². The summed E-state index contributed by atoms with van der Waals surface area (Å²) in [6.07, 6.45) is 1.04. The SMILES string of the molecule is CCc1ccc(-c2n[nH]c(CCl)n2)cc1. The van der Waals surface area contributed by atoms with E-state index in [0.717, 1.165) is 12.0 Å². The number of rotatable bonds is 3. The van der Waals surface area contributed by atoms with Gasteiger partial charge in [-0.1, -0.05) is 31.2 Å². The smallest absolute Gasteiger partial charge is 0.181 e. The summed E-state index contributed by atoms with van der Waals surface area (Å²) in [7, 11) is 0. The molecule has 78 valence electrons. The van der Waals surface area contributed by atoms with E-state index in [1.807, 2.05) is 12.1 Å². The van der Waals surface area contributed by atoms with Gasteiger partial charge in [-0.25, -0.2) is 4.98 Å². The lowest BCUT2D eigenvalue weighted by molar-refractivity contribution is 1.02. The molecule has 2 rings (SSSR count). The molecule has 0 aliphatic carbocycles. The third-order valence-corrected chi connectivity index (χ3v) is 2.53. The minimum absolute atomic E-state index is 0.361. The van der Waals surface area contributed by atoms with Crippen LogP contribution in [0.1, 0.15) is 18.3 Å². The van der Waals surface area contributed by atoms with E-state index < -0.39 is 0 Å². The van der Waals surface area contributed by atoms with Crippen molar-refractivity contribution in [1.29, 1.82) is 0 Å². The maximum absolute atomic E-state index is 5.64. The van der Waals surface area contributed by atoms with Gasteiger partial charge in [0.2, 0.25) is 0 Å². The molecule has 15 heavy (non-hydrogen) atoms. The fourth-order valence-corrected chi connectivity index (χ4v) is 1.49. The lowest BCUT2D eigenvalue weighted by Gasteiger charge is -1.97. The number of benzene rings is 1. The van der Waals surface area contributed by atoms with Crippen LogP contribution in [0.4, 0.5) is 0 Å². The zero-order valence-electron chi connectivity index (χ0n) is 8.50. The maximum atomic E-state index is 5.64. The van der Waals surface area contributed by atoms with E-state index in [9.17, 15) is 0 Å².